The normalized spacial score (nSPS) is 21.6. The Morgan fingerprint density at radius 2 is 2.00 bits per heavy atom. The second-order valence-corrected chi connectivity index (χ2v) is 6.84. The van der Waals surface area contributed by atoms with Crippen molar-refractivity contribution in [3.8, 4) is 5.75 Å². The van der Waals surface area contributed by atoms with Crippen molar-refractivity contribution in [3.05, 3.63) is 24.3 Å². The molecule has 1 aromatic rings. The molecule has 25 heavy (non-hydrogen) atoms. The summed E-state index contributed by atoms with van der Waals surface area (Å²) in [7, 11) is 0. The third-order valence-electron chi connectivity index (χ3n) is 4.87. The molecule has 2 aliphatic heterocycles. The summed E-state index contributed by atoms with van der Waals surface area (Å²) in [5, 5.41) is 3.09. The lowest BCUT2D eigenvalue weighted by atomic mass is 10.0. The summed E-state index contributed by atoms with van der Waals surface area (Å²) in [4.78, 5) is 28.9. The van der Waals surface area contributed by atoms with Crippen molar-refractivity contribution in [1.82, 2.24) is 10.2 Å². The van der Waals surface area contributed by atoms with Crippen LogP contribution in [0.2, 0.25) is 0 Å². The van der Waals surface area contributed by atoms with Crippen LogP contribution in [0.3, 0.4) is 0 Å². The minimum absolute atomic E-state index is 0.0404. The van der Waals surface area contributed by atoms with Crippen molar-refractivity contribution >= 4 is 17.5 Å². The number of nitrogens with one attached hydrogen (secondary N) is 1. The van der Waals surface area contributed by atoms with Gasteiger partial charge in [0.05, 0.1) is 5.69 Å². The molecule has 0 spiro atoms. The molecule has 1 unspecified atom stereocenters. The van der Waals surface area contributed by atoms with E-state index in [-0.39, 0.29) is 24.4 Å². The number of fused-ring (bicyclic) bond motifs is 1. The fraction of sp³-hybridized carbons (Fsp3) is 0.579. The van der Waals surface area contributed by atoms with Crippen LogP contribution in [0, 0.1) is 0 Å². The van der Waals surface area contributed by atoms with Gasteiger partial charge in [-0.15, -0.1) is 0 Å². The van der Waals surface area contributed by atoms with Gasteiger partial charge < -0.3 is 15.0 Å². The van der Waals surface area contributed by atoms with Crippen molar-refractivity contribution in [3.63, 3.8) is 0 Å². The zero-order valence-electron chi connectivity index (χ0n) is 15.0. The molecule has 1 saturated heterocycles. The minimum Gasteiger partial charge on any atom is -0.479 e. The molecule has 1 aromatic carbocycles. The molecule has 0 aliphatic carbocycles. The zero-order chi connectivity index (χ0) is 17.8. The summed E-state index contributed by atoms with van der Waals surface area (Å²) in [6.45, 7) is 7.11. The van der Waals surface area contributed by atoms with Crippen LogP contribution < -0.4 is 15.0 Å². The molecular weight excluding hydrogens is 318 g/mol. The summed E-state index contributed by atoms with van der Waals surface area (Å²) in [5.74, 6) is 0.369. The van der Waals surface area contributed by atoms with E-state index in [0.29, 0.717) is 11.4 Å². The third-order valence-corrected chi connectivity index (χ3v) is 4.87. The molecule has 2 heterocycles. The SMILES string of the molecule is CCCN1CCC(NC(=O)CN2C(=O)C(C)Oc3ccccc32)CC1. The third kappa shape index (κ3) is 4.12. The first-order valence-corrected chi connectivity index (χ1v) is 9.17. The molecule has 0 bridgehead atoms. The highest BCUT2D eigenvalue weighted by Gasteiger charge is 2.33. The number of ether oxygens (including phenoxy) is 1. The average molecular weight is 345 g/mol. The summed E-state index contributed by atoms with van der Waals surface area (Å²) >= 11 is 0. The molecule has 2 amide bonds. The highest BCUT2D eigenvalue weighted by atomic mass is 16.5. The summed E-state index contributed by atoms with van der Waals surface area (Å²) in [6, 6.07) is 7.55. The number of anilines is 1. The maximum absolute atomic E-state index is 12.5. The van der Waals surface area contributed by atoms with E-state index in [1.165, 1.54) is 4.90 Å². The fourth-order valence-corrected chi connectivity index (χ4v) is 3.56. The largest absolute Gasteiger partial charge is 0.479 e. The molecule has 1 N–H and O–H groups in total. The lowest BCUT2D eigenvalue weighted by molar-refractivity contribution is -0.128. The Bertz CT molecular complexity index is 626. The van der Waals surface area contributed by atoms with Gasteiger partial charge in [-0.05, 0) is 44.9 Å². The van der Waals surface area contributed by atoms with Gasteiger partial charge in [0, 0.05) is 19.1 Å². The van der Waals surface area contributed by atoms with E-state index in [1.807, 2.05) is 24.3 Å². The molecule has 3 rings (SSSR count). The number of amides is 2. The van der Waals surface area contributed by atoms with E-state index in [0.717, 1.165) is 38.9 Å². The minimum atomic E-state index is -0.569. The number of rotatable bonds is 5. The van der Waals surface area contributed by atoms with Crippen LogP contribution >= 0.6 is 0 Å². The van der Waals surface area contributed by atoms with Crippen LogP contribution in [0.4, 0.5) is 5.69 Å². The zero-order valence-corrected chi connectivity index (χ0v) is 15.0. The van der Waals surface area contributed by atoms with Gasteiger partial charge in [0.25, 0.3) is 5.91 Å². The Balaban J connectivity index is 1.58. The second kappa shape index (κ2) is 7.87. The first-order chi connectivity index (χ1) is 12.1. The van der Waals surface area contributed by atoms with Crippen LogP contribution in [0.1, 0.15) is 33.1 Å². The van der Waals surface area contributed by atoms with Gasteiger partial charge >= 0.3 is 0 Å². The Morgan fingerprint density at radius 1 is 1.28 bits per heavy atom. The van der Waals surface area contributed by atoms with Gasteiger partial charge in [0.15, 0.2) is 6.10 Å². The highest BCUT2D eigenvalue weighted by Crippen LogP contribution is 2.33. The molecule has 0 radical (unpaired) electrons. The van der Waals surface area contributed by atoms with Crippen molar-refractivity contribution in [2.45, 2.75) is 45.3 Å². The maximum Gasteiger partial charge on any atom is 0.268 e. The molecule has 6 nitrogen and oxygen atoms in total. The topological polar surface area (TPSA) is 61.9 Å². The molecular formula is C19H27N3O3. The maximum atomic E-state index is 12.5. The number of benzene rings is 1. The Morgan fingerprint density at radius 3 is 2.72 bits per heavy atom. The lowest BCUT2D eigenvalue weighted by Crippen LogP contribution is -2.51. The highest BCUT2D eigenvalue weighted by molar-refractivity contribution is 6.03. The van der Waals surface area contributed by atoms with E-state index in [9.17, 15) is 9.59 Å². The van der Waals surface area contributed by atoms with Crippen molar-refractivity contribution < 1.29 is 14.3 Å². The molecule has 1 fully saturated rings. The van der Waals surface area contributed by atoms with Gasteiger partial charge in [0.2, 0.25) is 5.91 Å². The molecule has 0 aromatic heterocycles. The van der Waals surface area contributed by atoms with Crippen molar-refractivity contribution in [2.75, 3.05) is 31.1 Å². The number of nitrogens with zero attached hydrogens (tertiary/aromatic N) is 2. The van der Waals surface area contributed by atoms with E-state index >= 15 is 0 Å². The molecule has 2 aliphatic rings. The van der Waals surface area contributed by atoms with E-state index in [1.54, 1.807) is 6.92 Å². The first-order valence-electron chi connectivity index (χ1n) is 9.17. The summed E-state index contributed by atoms with van der Waals surface area (Å²) < 4.78 is 5.61. The van der Waals surface area contributed by atoms with Crippen LogP contribution in [-0.2, 0) is 9.59 Å². The second-order valence-electron chi connectivity index (χ2n) is 6.84. The number of likely N-dealkylation sites (tertiary alicyclic amines) is 1. The van der Waals surface area contributed by atoms with Crippen LogP contribution in [0.5, 0.6) is 5.75 Å². The van der Waals surface area contributed by atoms with Gasteiger partial charge in [-0.3, -0.25) is 14.5 Å². The van der Waals surface area contributed by atoms with Crippen LogP contribution in [0.15, 0.2) is 24.3 Å². The number of hydrogen-bond donors (Lipinski definition) is 1. The van der Waals surface area contributed by atoms with E-state index in [4.69, 9.17) is 4.74 Å². The van der Waals surface area contributed by atoms with Gasteiger partial charge in [-0.1, -0.05) is 19.1 Å². The monoisotopic (exact) mass is 345 g/mol. The lowest BCUT2D eigenvalue weighted by Gasteiger charge is -2.34. The van der Waals surface area contributed by atoms with Crippen LogP contribution in [0.25, 0.3) is 0 Å². The number of carbonyl (C=O) groups is 2. The molecule has 136 valence electrons. The fourth-order valence-electron chi connectivity index (χ4n) is 3.56. The summed E-state index contributed by atoms with van der Waals surface area (Å²) in [5.41, 5.74) is 0.665. The van der Waals surface area contributed by atoms with Gasteiger partial charge in [0.1, 0.15) is 12.3 Å². The number of piperidine rings is 1. The van der Waals surface area contributed by atoms with E-state index in [2.05, 4.69) is 17.1 Å². The molecule has 1 atom stereocenters. The van der Waals surface area contributed by atoms with Gasteiger partial charge in [-0.2, -0.15) is 0 Å². The summed E-state index contributed by atoms with van der Waals surface area (Å²) in [6.07, 6.45) is 2.53. The van der Waals surface area contributed by atoms with E-state index < -0.39 is 6.10 Å². The van der Waals surface area contributed by atoms with Crippen LogP contribution in [-0.4, -0.2) is 55.0 Å². The Kier molecular flexibility index (Phi) is 5.58. The van der Waals surface area contributed by atoms with Gasteiger partial charge in [-0.25, -0.2) is 0 Å². The van der Waals surface area contributed by atoms with Crippen molar-refractivity contribution in [1.29, 1.82) is 0 Å². The smallest absolute Gasteiger partial charge is 0.268 e. The standard InChI is InChI=1S/C19H27N3O3/c1-3-10-21-11-8-15(9-12-21)20-18(23)13-22-16-6-4-5-7-17(16)25-14(2)19(22)24/h4-7,14-15H,3,8-13H2,1-2H3,(H,20,23). The average Bonchev–Trinajstić information content (AvgIpc) is 2.61. The van der Waals surface area contributed by atoms with Crippen molar-refractivity contribution in [2.24, 2.45) is 0 Å². The molecule has 0 saturated carbocycles. The number of hydrogen-bond acceptors (Lipinski definition) is 4. The number of para-hydroxylation sites is 2. The quantitative estimate of drug-likeness (QED) is 0.884. The first kappa shape index (κ1) is 17.7. The predicted octanol–water partition coefficient (Wildman–Crippen LogP) is 1.79. The number of carbonyl (C=O) groups excluding carboxylic acids is 2. The Hall–Kier alpha value is -2.08. The predicted molar refractivity (Wildman–Crippen MR) is 96.8 cm³/mol. The molecule has 6 heteroatoms. The Labute approximate surface area is 149 Å².